The second-order valence-corrected chi connectivity index (χ2v) is 1.78. The normalized spacial score (nSPS) is 10.1. The Morgan fingerprint density at radius 1 is 1.00 bits per heavy atom. The summed E-state index contributed by atoms with van der Waals surface area (Å²) in [5.41, 5.74) is 1.91. The van der Waals surface area contributed by atoms with E-state index in [0.29, 0.717) is 0 Å². The Kier molecular flexibility index (Phi) is 23.7. The highest BCUT2D eigenvalue weighted by Crippen LogP contribution is 2.10. The number of rotatable bonds is 3. The third kappa shape index (κ3) is 8.98. The molecule has 82 valence electrons. The van der Waals surface area contributed by atoms with Crippen LogP contribution >= 0.6 is 0 Å². The zero-order valence-electron chi connectivity index (χ0n) is 10.6. The number of hydrogen-bond acceptors (Lipinski definition) is 1. The number of hydrogen-bond donors (Lipinski definition) is 0. The zero-order chi connectivity index (χ0) is 12.0. The molecule has 0 rings (SSSR count). The minimum atomic E-state index is 0.887. The van der Waals surface area contributed by atoms with Crippen LogP contribution in [0.4, 0.5) is 0 Å². The molecule has 0 unspecified atom stereocenters. The maximum atomic E-state index is 3.82. The van der Waals surface area contributed by atoms with Crippen LogP contribution in [0.15, 0.2) is 41.1 Å². The predicted octanol–water partition coefficient (Wildman–Crippen LogP) is 4.78. The van der Waals surface area contributed by atoms with Crippen LogP contribution in [-0.4, -0.2) is 6.72 Å². The lowest BCUT2D eigenvalue weighted by Crippen LogP contribution is -1.79. The van der Waals surface area contributed by atoms with E-state index in [1.165, 1.54) is 0 Å². The molecule has 0 amide bonds. The number of aliphatic imine (C=N–C) groups is 1. The first-order valence-corrected chi connectivity index (χ1v) is 5.22. The van der Waals surface area contributed by atoms with Gasteiger partial charge in [-0.2, -0.15) is 0 Å². The van der Waals surface area contributed by atoms with Crippen LogP contribution in [0.25, 0.3) is 0 Å². The highest BCUT2D eigenvalue weighted by Gasteiger charge is 1.92. The summed E-state index contributed by atoms with van der Waals surface area (Å²) < 4.78 is 0. The van der Waals surface area contributed by atoms with E-state index in [2.05, 4.69) is 18.3 Å². The van der Waals surface area contributed by atoms with E-state index in [4.69, 9.17) is 0 Å². The van der Waals surface area contributed by atoms with Gasteiger partial charge in [0.2, 0.25) is 0 Å². The van der Waals surface area contributed by atoms with Crippen LogP contribution in [0.1, 0.15) is 41.5 Å². The Morgan fingerprint density at radius 2 is 1.43 bits per heavy atom. The van der Waals surface area contributed by atoms with Crippen molar-refractivity contribution in [3.05, 3.63) is 36.1 Å². The SMILES string of the molecule is C=CC(=C/C)/C(=C\C)N=C.CC.CC. The lowest BCUT2D eigenvalue weighted by Gasteiger charge is -1.98. The molecular formula is C13H25N. The van der Waals surface area contributed by atoms with Gasteiger partial charge in [-0.25, -0.2) is 0 Å². The maximum absolute atomic E-state index is 3.82. The Bertz CT molecular complexity index is 163. The van der Waals surface area contributed by atoms with Crippen LogP contribution in [0.2, 0.25) is 0 Å². The second-order valence-electron chi connectivity index (χ2n) is 1.78. The van der Waals surface area contributed by atoms with E-state index in [1.807, 2.05) is 53.7 Å². The maximum Gasteiger partial charge on any atom is 0.0648 e. The van der Waals surface area contributed by atoms with Gasteiger partial charge in [0.15, 0.2) is 0 Å². The van der Waals surface area contributed by atoms with Gasteiger partial charge in [-0.3, -0.25) is 4.99 Å². The molecule has 0 aliphatic heterocycles. The van der Waals surface area contributed by atoms with E-state index in [0.717, 1.165) is 11.3 Å². The molecule has 1 nitrogen and oxygen atoms in total. The molecular weight excluding hydrogens is 170 g/mol. The molecule has 0 aromatic rings. The molecule has 0 saturated heterocycles. The van der Waals surface area contributed by atoms with E-state index < -0.39 is 0 Å². The van der Waals surface area contributed by atoms with Crippen molar-refractivity contribution >= 4 is 6.72 Å². The van der Waals surface area contributed by atoms with Crippen molar-refractivity contribution in [3.8, 4) is 0 Å². The topological polar surface area (TPSA) is 12.4 Å². The van der Waals surface area contributed by atoms with Crippen molar-refractivity contribution in [2.75, 3.05) is 0 Å². The average Bonchev–Trinajstić information content (AvgIpc) is 2.31. The van der Waals surface area contributed by atoms with Gasteiger partial charge < -0.3 is 0 Å². The predicted molar refractivity (Wildman–Crippen MR) is 70.0 cm³/mol. The minimum absolute atomic E-state index is 0.887. The van der Waals surface area contributed by atoms with E-state index in [-0.39, 0.29) is 0 Å². The van der Waals surface area contributed by atoms with Gasteiger partial charge >= 0.3 is 0 Å². The smallest absolute Gasteiger partial charge is 0.0648 e. The molecule has 1 heteroatoms. The average molecular weight is 195 g/mol. The quantitative estimate of drug-likeness (QED) is 0.454. The fraction of sp³-hybridized carbons (Fsp3) is 0.462. The van der Waals surface area contributed by atoms with Crippen LogP contribution in [-0.2, 0) is 0 Å². The third-order valence-electron chi connectivity index (χ3n) is 1.27. The monoisotopic (exact) mass is 195 g/mol. The zero-order valence-corrected chi connectivity index (χ0v) is 10.6. The summed E-state index contributed by atoms with van der Waals surface area (Å²) in [5, 5.41) is 0. The van der Waals surface area contributed by atoms with Crippen molar-refractivity contribution in [1.29, 1.82) is 0 Å². The van der Waals surface area contributed by atoms with Gasteiger partial charge in [-0.05, 0) is 26.1 Å². The third-order valence-corrected chi connectivity index (χ3v) is 1.27. The Hall–Kier alpha value is -1.11. The number of nitrogens with zero attached hydrogens (tertiary/aromatic N) is 1. The van der Waals surface area contributed by atoms with Crippen LogP contribution in [0.5, 0.6) is 0 Å². The van der Waals surface area contributed by atoms with E-state index in [9.17, 15) is 0 Å². The molecule has 0 fully saturated rings. The summed E-state index contributed by atoms with van der Waals surface area (Å²) in [7, 11) is 0. The van der Waals surface area contributed by atoms with Crippen molar-refractivity contribution in [2.24, 2.45) is 4.99 Å². The molecule has 0 atom stereocenters. The van der Waals surface area contributed by atoms with Crippen LogP contribution < -0.4 is 0 Å². The Balaban J connectivity index is -0.000000266. The minimum Gasteiger partial charge on any atom is -0.264 e. The second kappa shape index (κ2) is 17.8. The molecule has 0 N–H and O–H groups in total. The fourth-order valence-corrected chi connectivity index (χ4v) is 0.720. The molecule has 0 saturated carbocycles. The summed E-state index contributed by atoms with van der Waals surface area (Å²) in [6.45, 7) is 19.0. The number of allylic oxidation sites excluding steroid dienone is 3. The first-order valence-electron chi connectivity index (χ1n) is 5.22. The van der Waals surface area contributed by atoms with Gasteiger partial charge in [-0.1, -0.05) is 52.5 Å². The summed E-state index contributed by atoms with van der Waals surface area (Å²) in [6.07, 6.45) is 5.63. The lowest BCUT2D eigenvalue weighted by molar-refractivity contribution is 1.33. The van der Waals surface area contributed by atoms with Crippen molar-refractivity contribution in [3.63, 3.8) is 0 Å². The molecule has 0 bridgehead atoms. The summed E-state index contributed by atoms with van der Waals surface area (Å²) in [5.74, 6) is 0. The van der Waals surface area contributed by atoms with Crippen LogP contribution in [0.3, 0.4) is 0 Å². The summed E-state index contributed by atoms with van der Waals surface area (Å²) >= 11 is 0. The van der Waals surface area contributed by atoms with Gasteiger partial charge in [0.1, 0.15) is 0 Å². The molecule has 0 radical (unpaired) electrons. The molecule has 0 aromatic carbocycles. The summed E-state index contributed by atoms with van der Waals surface area (Å²) in [4.78, 5) is 3.82. The summed E-state index contributed by atoms with van der Waals surface area (Å²) in [6, 6.07) is 0. The Labute approximate surface area is 90.0 Å². The first kappa shape index (κ1) is 18.6. The molecule has 14 heavy (non-hydrogen) atoms. The Morgan fingerprint density at radius 3 is 1.50 bits per heavy atom. The van der Waals surface area contributed by atoms with Crippen LogP contribution in [0, 0.1) is 0 Å². The molecule has 0 aliphatic rings. The first-order chi connectivity index (χ1) is 6.79. The van der Waals surface area contributed by atoms with Crippen molar-refractivity contribution in [2.45, 2.75) is 41.5 Å². The van der Waals surface area contributed by atoms with Gasteiger partial charge in [0, 0.05) is 0 Å². The standard InChI is InChI=1S/C9H13N.2C2H6/c1-5-8(6-2)9(7-3)10-4;2*1-2/h5-7H,1,4H2,2-3H3;2*1-2H3/b8-6-,9-7+;;. The van der Waals surface area contributed by atoms with Gasteiger partial charge in [-0.15, -0.1) is 0 Å². The lowest BCUT2D eigenvalue weighted by atomic mass is 10.2. The largest absolute Gasteiger partial charge is 0.264 e. The van der Waals surface area contributed by atoms with E-state index in [1.54, 1.807) is 6.08 Å². The molecule has 0 aromatic heterocycles. The van der Waals surface area contributed by atoms with Crippen molar-refractivity contribution in [1.82, 2.24) is 0 Å². The van der Waals surface area contributed by atoms with Crippen molar-refractivity contribution < 1.29 is 0 Å². The van der Waals surface area contributed by atoms with Gasteiger partial charge in [0.05, 0.1) is 5.70 Å². The fourth-order valence-electron chi connectivity index (χ4n) is 0.720. The highest BCUT2D eigenvalue weighted by atomic mass is 14.7. The van der Waals surface area contributed by atoms with E-state index >= 15 is 0 Å². The molecule has 0 spiro atoms. The van der Waals surface area contributed by atoms with Gasteiger partial charge in [0.25, 0.3) is 0 Å². The molecule has 0 aliphatic carbocycles. The highest BCUT2D eigenvalue weighted by molar-refractivity contribution is 5.42. The molecule has 0 heterocycles.